The van der Waals surface area contributed by atoms with Gasteiger partial charge in [-0.2, -0.15) is 11.8 Å². The minimum atomic E-state index is -3.94. The minimum Gasteiger partial charge on any atom is -0.478 e. The highest BCUT2D eigenvalue weighted by molar-refractivity contribution is 7.98. The largest absolute Gasteiger partial charge is 0.478 e. The van der Waals surface area contributed by atoms with E-state index in [-0.39, 0.29) is 10.5 Å². The standard InChI is InChI=1S/C17H18N4O4S2/c1-26-10-8-14(16-19-18-15-7-2-3-9-21(15)16)20-27(24,25)13-6-4-5-12(11-13)17(22)23/h2-7,9,11,14,20H,8,10H2,1H3,(H,22,23)/t14-/m0/s1. The number of aromatic nitrogens is 3. The van der Waals surface area contributed by atoms with E-state index in [1.165, 1.54) is 18.2 Å². The Hall–Kier alpha value is -2.43. The summed E-state index contributed by atoms with van der Waals surface area (Å²) in [7, 11) is -3.94. The Morgan fingerprint density at radius 1 is 1.26 bits per heavy atom. The summed E-state index contributed by atoms with van der Waals surface area (Å²) in [6.07, 6.45) is 4.22. The lowest BCUT2D eigenvalue weighted by Crippen LogP contribution is -2.30. The first-order chi connectivity index (χ1) is 12.9. The Morgan fingerprint density at radius 3 is 2.81 bits per heavy atom. The number of carboxylic acid groups (broad SMARTS) is 1. The number of pyridine rings is 1. The zero-order valence-electron chi connectivity index (χ0n) is 14.4. The number of nitrogens with zero attached hydrogens (tertiary/aromatic N) is 3. The summed E-state index contributed by atoms with van der Waals surface area (Å²) in [4.78, 5) is 11.0. The zero-order chi connectivity index (χ0) is 19.4. The van der Waals surface area contributed by atoms with Crippen molar-refractivity contribution in [3.63, 3.8) is 0 Å². The third kappa shape index (κ3) is 4.29. The van der Waals surface area contributed by atoms with Crippen LogP contribution in [0.1, 0.15) is 28.6 Å². The summed E-state index contributed by atoms with van der Waals surface area (Å²) in [5.74, 6) is 0.0106. The van der Waals surface area contributed by atoms with Gasteiger partial charge in [-0.3, -0.25) is 4.40 Å². The molecule has 0 saturated heterocycles. The number of nitrogens with one attached hydrogen (secondary N) is 1. The average molecular weight is 406 g/mol. The van der Waals surface area contributed by atoms with Crippen molar-refractivity contribution in [1.29, 1.82) is 0 Å². The second-order valence-electron chi connectivity index (χ2n) is 5.78. The van der Waals surface area contributed by atoms with Crippen LogP contribution in [0.3, 0.4) is 0 Å². The lowest BCUT2D eigenvalue weighted by molar-refractivity contribution is 0.0696. The summed E-state index contributed by atoms with van der Waals surface area (Å²) in [5.41, 5.74) is 0.528. The molecule has 0 bridgehead atoms. The molecule has 0 aliphatic heterocycles. The van der Waals surface area contributed by atoms with Gasteiger partial charge in [0.1, 0.15) is 0 Å². The van der Waals surface area contributed by atoms with E-state index in [9.17, 15) is 13.2 Å². The fraction of sp³-hybridized carbons (Fsp3) is 0.235. The molecule has 0 radical (unpaired) electrons. The predicted octanol–water partition coefficient (Wildman–Crippen LogP) is 2.20. The van der Waals surface area contributed by atoms with Crippen molar-refractivity contribution >= 4 is 33.4 Å². The first-order valence-electron chi connectivity index (χ1n) is 8.06. The molecule has 0 aliphatic rings. The Morgan fingerprint density at radius 2 is 2.07 bits per heavy atom. The molecule has 142 valence electrons. The van der Waals surface area contributed by atoms with E-state index in [0.29, 0.717) is 23.6 Å². The molecular formula is C17H18N4O4S2. The molecule has 3 aromatic rings. The molecule has 2 heterocycles. The summed E-state index contributed by atoms with van der Waals surface area (Å²) in [6, 6.07) is 10.1. The number of thioether (sulfide) groups is 1. The molecule has 0 unspecified atom stereocenters. The number of aromatic carboxylic acids is 1. The fourth-order valence-corrected chi connectivity index (χ4v) is 4.37. The second-order valence-corrected chi connectivity index (χ2v) is 8.47. The fourth-order valence-electron chi connectivity index (χ4n) is 2.63. The van der Waals surface area contributed by atoms with Crippen LogP contribution in [0.2, 0.25) is 0 Å². The van der Waals surface area contributed by atoms with E-state index in [1.807, 2.05) is 18.4 Å². The highest BCUT2D eigenvalue weighted by atomic mass is 32.2. The monoisotopic (exact) mass is 406 g/mol. The number of carboxylic acids is 1. The van der Waals surface area contributed by atoms with Crippen molar-refractivity contribution in [2.24, 2.45) is 0 Å². The van der Waals surface area contributed by atoms with Gasteiger partial charge in [0.05, 0.1) is 16.5 Å². The van der Waals surface area contributed by atoms with Crippen molar-refractivity contribution in [3.05, 3.63) is 60.0 Å². The predicted molar refractivity (Wildman–Crippen MR) is 102 cm³/mol. The Bertz CT molecular complexity index is 1070. The van der Waals surface area contributed by atoms with Crippen LogP contribution in [-0.4, -0.2) is 46.1 Å². The van der Waals surface area contributed by atoms with Gasteiger partial charge in [0.15, 0.2) is 11.5 Å². The van der Waals surface area contributed by atoms with E-state index in [0.717, 1.165) is 6.07 Å². The van der Waals surface area contributed by atoms with Crippen LogP contribution in [0.4, 0.5) is 0 Å². The van der Waals surface area contributed by atoms with Crippen molar-refractivity contribution in [1.82, 2.24) is 19.3 Å². The second kappa shape index (κ2) is 8.07. The smallest absolute Gasteiger partial charge is 0.335 e. The summed E-state index contributed by atoms with van der Waals surface area (Å²) >= 11 is 1.59. The van der Waals surface area contributed by atoms with E-state index >= 15 is 0 Å². The highest BCUT2D eigenvalue weighted by Gasteiger charge is 2.25. The topological polar surface area (TPSA) is 114 Å². The molecule has 1 aromatic carbocycles. The summed E-state index contributed by atoms with van der Waals surface area (Å²) < 4.78 is 30.1. The molecule has 0 saturated carbocycles. The maximum Gasteiger partial charge on any atom is 0.335 e. The van der Waals surface area contributed by atoms with Gasteiger partial charge in [-0.1, -0.05) is 12.1 Å². The first kappa shape index (κ1) is 19.3. The van der Waals surface area contributed by atoms with Gasteiger partial charge in [-0.25, -0.2) is 17.9 Å². The van der Waals surface area contributed by atoms with Crippen LogP contribution in [0.5, 0.6) is 0 Å². The highest BCUT2D eigenvalue weighted by Crippen LogP contribution is 2.22. The first-order valence-corrected chi connectivity index (χ1v) is 10.9. The quantitative estimate of drug-likeness (QED) is 0.589. The number of rotatable bonds is 8. The maximum atomic E-state index is 12.8. The third-order valence-electron chi connectivity index (χ3n) is 3.95. The summed E-state index contributed by atoms with van der Waals surface area (Å²) in [5, 5.41) is 17.3. The number of benzene rings is 1. The molecule has 27 heavy (non-hydrogen) atoms. The van der Waals surface area contributed by atoms with Gasteiger partial charge in [-0.05, 0) is 48.8 Å². The molecule has 3 rings (SSSR count). The zero-order valence-corrected chi connectivity index (χ0v) is 16.1. The van der Waals surface area contributed by atoms with E-state index in [2.05, 4.69) is 14.9 Å². The van der Waals surface area contributed by atoms with Crippen molar-refractivity contribution in [3.8, 4) is 0 Å². The molecule has 2 aromatic heterocycles. The van der Waals surface area contributed by atoms with Crippen LogP contribution < -0.4 is 4.72 Å². The normalized spacial score (nSPS) is 12.9. The lowest BCUT2D eigenvalue weighted by Gasteiger charge is -2.17. The van der Waals surface area contributed by atoms with E-state index < -0.39 is 22.0 Å². The molecule has 8 nitrogen and oxygen atoms in total. The van der Waals surface area contributed by atoms with Gasteiger partial charge in [0.2, 0.25) is 10.0 Å². The van der Waals surface area contributed by atoms with Crippen molar-refractivity contribution < 1.29 is 18.3 Å². The summed E-state index contributed by atoms with van der Waals surface area (Å²) in [6.45, 7) is 0. The van der Waals surface area contributed by atoms with E-state index in [1.54, 1.807) is 28.4 Å². The van der Waals surface area contributed by atoms with Gasteiger partial charge in [0.25, 0.3) is 0 Å². The molecule has 0 spiro atoms. The van der Waals surface area contributed by atoms with E-state index in [4.69, 9.17) is 5.11 Å². The lowest BCUT2D eigenvalue weighted by atomic mass is 10.2. The number of hydrogen-bond acceptors (Lipinski definition) is 6. The van der Waals surface area contributed by atoms with Gasteiger partial charge in [-0.15, -0.1) is 10.2 Å². The van der Waals surface area contributed by atoms with Crippen molar-refractivity contribution in [2.75, 3.05) is 12.0 Å². The molecule has 0 amide bonds. The van der Waals surface area contributed by atoms with Gasteiger partial charge < -0.3 is 5.11 Å². The van der Waals surface area contributed by atoms with Crippen LogP contribution in [0.15, 0.2) is 53.6 Å². The van der Waals surface area contributed by atoms with Crippen molar-refractivity contribution in [2.45, 2.75) is 17.4 Å². The maximum absolute atomic E-state index is 12.8. The number of fused-ring (bicyclic) bond motifs is 1. The van der Waals surface area contributed by atoms with Crippen LogP contribution in [0, 0.1) is 0 Å². The average Bonchev–Trinajstić information content (AvgIpc) is 3.09. The van der Waals surface area contributed by atoms with Crippen LogP contribution in [-0.2, 0) is 10.0 Å². The number of carbonyl (C=O) groups is 1. The molecule has 1 atom stereocenters. The van der Waals surface area contributed by atoms with Crippen LogP contribution >= 0.6 is 11.8 Å². The van der Waals surface area contributed by atoms with Crippen LogP contribution in [0.25, 0.3) is 5.65 Å². The third-order valence-corrected chi connectivity index (χ3v) is 6.06. The van der Waals surface area contributed by atoms with Gasteiger partial charge in [0, 0.05) is 6.20 Å². The Kier molecular flexibility index (Phi) is 5.78. The number of hydrogen-bond donors (Lipinski definition) is 2. The molecular weight excluding hydrogens is 388 g/mol. The Balaban J connectivity index is 1.96. The Labute approximate surface area is 160 Å². The molecule has 0 aliphatic carbocycles. The van der Waals surface area contributed by atoms with Gasteiger partial charge >= 0.3 is 5.97 Å². The molecule has 0 fully saturated rings. The molecule has 2 N–H and O–H groups in total. The minimum absolute atomic E-state index is 0.0912. The molecule has 10 heteroatoms. The SMILES string of the molecule is CSCC[C@H](NS(=O)(=O)c1cccc(C(=O)O)c1)c1nnc2ccccn12. The number of sulfonamides is 1.